The Kier molecular flexibility index (Phi) is 4.02. The van der Waals surface area contributed by atoms with Crippen molar-refractivity contribution in [2.24, 2.45) is 0 Å². The van der Waals surface area contributed by atoms with E-state index in [1.807, 2.05) is 12.1 Å². The smallest absolute Gasteiger partial charge is 0.0359 e. The summed E-state index contributed by atoms with van der Waals surface area (Å²) in [4.78, 5) is 4.80. The number of nitrogen functional groups attached to an aromatic ring is 1. The number of hydrogen-bond acceptors (Lipinski definition) is 3. The predicted molar refractivity (Wildman–Crippen MR) is 72.8 cm³/mol. The lowest BCUT2D eigenvalue weighted by molar-refractivity contribution is 0.225. The first-order valence-corrected chi connectivity index (χ1v) is 6.39. The van der Waals surface area contributed by atoms with E-state index in [9.17, 15) is 0 Å². The molecule has 0 radical (unpaired) electrons. The molecule has 2 N–H and O–H groups in total. The van der Waals surface area contributed by atoms with Gasteiger partial charge in [-0.3, -0.25) is 4.90 Å². The molecule has 0 spiro atoms. The maximum absolute atomic E-state index is 6.01. The largest absolute Gasteiger partial charge is 0.398 e. The van der Waals surface area contributed by atoms with Crippen LogP contribution in [-0.4, -0.2) is 43.0 Å². The Balaban J connectivity index is 1.95. The lowest BCUT2D eigenvalue weighted by Crippen LogP contribution is -2.33. The highest BCUT2D eigenvalue weighted by atomic mass is 15.2. The summed E-state index contributed by atoms with van der Waals surface area (Å²) in [5, 5.41) is 0. The molecule has 3 heteroatoms. The molecule has 1 aromatic rings. The summed E-state index contributed by atoms with van der Waals surface area (Å²) in [6, 6.07) is 8.99. The van der Waals surface area contributed by atoms with Crippen molar-refractivity contribution in [3.05, 3.63) is 29.8 Å². The molecule has 1 saturated carbocycles. The first-order valence-electron chi connectivity index (χ1n) is 6.39. The van der Waals surface area contributed by atoms with Gasteiger partial charge in [0.05, 0.1) is 0 Å². The molecule has 94 valence electrons. The minimum Gasteiger partial charge on any atom is -0.398 e. The van der Waals surface area contributed by atoms with Crippen LogP contribution >= 0.6 is 0 Å². The molecule has 1 aromatic carbocycles. The molecular weight excluding hydrogens is 210 g/mol. The molecule has 0 heterocycles. The zero-order chi connectivity index (χ0) is 12.3. The van der Waals surface area contributed by atoms with Crippen LogP contribution in [0.4, 0.5) is 5.69 Å². The summed E-state index contributed by atoms with van der Waals surface area (Å²) < 4.78 is 0. The Morgan fingerprint density at radius 2 is 1.88 bits per heavy atom. The molecule has 3 nitrogen and oxygen atoms in total. The van der Waals surface area contributed by atoms with E-state index in [1.54, 1.807) is 0 Å². The van der Waals surface area contributed by atoms with Gasteiger partial charge >= 0.3 is 0 Å². The van der Waals surface area contributed by atoms with E-state index in [2.05, 4.69) is 36.0 Å². The second kappa shape index (κ2) is 5.52. The minimum absolute atomic E-state index is 0.787. The molecule has 0 amide bonds. The van der Waals surface area contributed by atoms with Crippen LogP contribution in [0, 0.1) is 0 Å². The molecule has 0 unspecified atom stereocenters. The number of nitrogens with two attached hydrogens (primary N) is 1. The number of anilines is 1. The van der Waals surface area contributed by atoms with Gasteiger partial charge in [0, 0.05) is 31.4 Å². The fourth-order valence-electron chi connectivity index (χ4n) is 2.06. The number of benzene rings is 1. The predicted octanol–water partition coefficient (Wildman–Crippen LogP) is 1.79. The van der Waals surface area contributed by atoms with E-state index in [0.29, 0.717) is 0 Å². The minimum atomic E-state index is 0.787. The van der Waals surface area contributed by atoms with Crippen molar-refractivity contribution in [1.82, 2.24) is 9.80 Å². The third-order valence-electron chi connectivity index (χ3n) is 3.33. The van der Waals surface area contributed by atoms with Gasteiger partial charge in [0.2, 0.25) is 0 Å². The Labute approximate surface area is 104 Å². The van der Waals surface area contributed by atoms with E-state index in [-0.39, 0.29) is 0 Å². The first-order chi connectivity index (χ1) is 8.16. The monoisotopic (exact) mass is 233 g/mol. The maximum atomic E-state index is 6.01. The zero-order valence-corrected chi connectivity index (χ0v) is 10.9. The van der Waals surface area contributed by atoms with Gasteiger partial charge < -0.3 is 10.6 Å². The van der Waals surface area contributed by atoms with Crippen LogP contribution in [0.5, 0.6) is 0 Å². The molecule has 17 heavy (non-hydrogen) atoms. The molecular formula is C14H23N3. The molecule has 0 atom stereocenters. The summed E-state index contributed by atoms with van der Waals surface area (Å²) >= 11 is 0. The van der Waals surface area contributed by atoms with Crippen LogP contribution < -0.4 is 5.73 Å². The van der Waals surface area contributed by atoms with Gasteiger partial charge in [-0.1, -0.05) is 18.2 Å². The average molecular weight is 233 g/mol. The Bertz CT molecular complexity index is 358. The van der Waals surface area contributed by atoms with E-state index >= 15 is 0 Å². The Morgan fingerprint density at radius 1 is 1.18 bits per heavy atom. The van der Waals surface area contributed by atoms with Crippen LogP contribution in [-0.2, 0) is 6.54 Å². The van der Waals surface area contributed by atoms with E-state index in [0.717, 1.165) is 31.4 Å². The number of hydrogen-bond donors (Lipinski definition) is 1. The summed E-state index contributed by atoms with van der Waals surface area (Å²) in [6.07, 6.45) is 2.69. The fraction of sp³-hybridized carbons (Fsp3) is 0.571. The SMILES string of the molecule is CN(C)CCN(Cc1ccccc1N)C1CC1. The second-order valence-electron chi connectivity index (χ2n) is 5.20. The highest BCUT2D eigenvalue weighted by molar-refractivity contribution is 5.46. The molecule has 0 aromatic heterocycles. The molecule has 0 bridgehead atoms. The molecule has 0 aliphatic heterocycles. The lowest BCUT2D eigenvalue weighted by atomic mass is 10.1. The van der Waals surface area contributed by atoms with E-state index in [4.69, 9.17) is 5.73 Å². The van der Waals surface area contributed by atoms with Crippen molar-refractivity contribution in [3.8, 4) is 0 Å². The highest BCUT2D eigenvalue weighted by Gasteiger charge is 2.28. The highest BCUT2D eigenvalue weighted by Crippen LogP contribution is 2.28. The van der Waals surface area contributed by atoms with Crippen molar-refractivity contribution < 1.29 is 0 Å². The van der Waals surface area contributed by atoms with Crippen molar-refractivity contribution in [1.29, 1.82) is 0 Å². The van der Waals surface area contributed by atoms with Gasteiger partial charge in [0.25, 0.3) is 0 Å². The van der Waals surface area contributed by atoms with Gasteiger partial charge in [0.15, 0.2) is 0 Å². The Hall–Kier alpha value is -1.06. The summed E-state index contributed by atoms with van der Waals surface area (Å²) in [6.45, 7) is 3.24. The van der Waals surface area contributed by atoms with Crippen molar-refractivity contribution in [2.45, 2.75) is 25.4 Å². The zero-order valence-electron chi connectivity index (χ0n) is 10.9. The summed E-state index contributed by atoms with van der Waals surface area (Å²) in [5.41, 5.74) is 8.19. The number of rotatable bonds is 6. The maximum Gasteiger partial charge on any atom is 0.0359 e. The van der Waals surface area contributed by atoms with E-state index < -0.39 is 0 Å². The molecule has 1 aliphatic carbocycles. The van der Waals surface area contributed by atoms with Crippen molar-refractivity contribution in [2.75, 3.05) is 32.9 Å². The van der Waals surface area contributed by atoms with Gasteiger partial charge in [-0.05, 0) is 38.6 Å². The Morgan fingerprint density at radius 3 is 2.47 bits per heavy atom. The topological polar surface area (TPSA) is 32.5 Å². The van der Waals surface area contributed by atoms with Crippen molar-refractivity contribution in [3.63, 3.8) is 0 Å². The van der Waals surface area contributed by atoms with Crippen molar-refractivity contribution >= 4 is 5.69 Å². The average Bonchev–Trinajstić information content (AvgIpc) is 3.10. The van der Waals surface area contributed by atoms with Gasteiger partial charge in [-0.15, -0.1) is 0 Å². The third kappa shape index (κ3) is 3.72. The fourth-order valence-corrected chi connectivity index (χ4v) is 2.06. The number of nitrogens with zero attached hydrogens (tertiary/aromatic N) is 2. The summed E-state index contributed by atoms with van der Waals surface area (Å²) in [5.74, 6) is 0. The molecule has 2 rings (SSSR count). The molecule has 1 fully saturated rings. The van der Waals surface area contributed by atoms with E-state index in [1.165, 1.54) is 18.4 Å². The second-order valence-corrected chi connectivity index (χ2v) is 5.20. The van der Waals surface area contributed by atoms with Crippen LogP contribution in [0.25, 0.3) is 0 Å². The van der Waals surface area contributed by atoms with Gasteiger partial charge in [-0.2, -0.15) is 0 Å². The molecule has 0 saturated heterocycles. The first kappa shape index (κ1) is 12.4. The molecule has 1 aliphatic rings. The quantitative estimate of drug-likeness (QED) is 0.760. The van der Waals surface area contributed by atoms with Crippen LogP contribution in [0.3, 0.4) is 0 Å². The standard InChI is InChI=1S/C14H23N3/c1-16(2)9-10-17(13-7-8-13)11-12-5-3-4-6-14(12)15/h3-6,13H,7-11,15H2,1-2H3. The summed E-state index contributed by atoms with van der Waals surface area (Å²) in [7, 11) is 4.25. The van der Waals surface area contributed by atoms with Crippen LogP contribution in [0.1, 0.15) is 18.4 Å². The number of para-hydroxylation sites is 1. The number of likely N-dealkylation sites (N-methyl/N-ethyl adjacent to an activating group) is 1. The lowest BCUT2D eigenvalue weighted by Gasteiger charge is -2.24. The van der Waals surface area contributed by atoms with Crippen LogP contribution in [0.15, 0.2) is 24.3 Å². The third-order valence-corrected chi connectivity index (χ3v) is 3.33. The van der Waals surface area contributed by atoms with Crippen LogP contribution in [0.2, 0.25) is 0 Å². The van der Waals surface area contributed by atoms with Gasteiger partial charge in [-0.25, -0.2) is 0 Å². The van der Waals surface area contributed by atoms with Gasteiger partial charge in [0.1, 0.15) is 0 Å². The normalized spacial score (nSPS) is 15.8.